The minimum atomic E-state index is 0.255. The molecular weight excluding hydrogens is 306 g/mol. The van der Waals surface area contributed by atoms with Crippen molar-refractivity contribution in [2.45, 2.75) is 18.9 Å². The summed E-state index contributed by atoms with van der Waals surface area (Å²) in [5.74, 6) is 3.10. The van der Waals surface area contributed by atoms with Crippen LogP contribution in [0.25, 0.3) is 0 Å². The Hall–Kier alpha value is -1.89. The number of fused-ring (bicyclic) bond motifs is 1. The van der Waals surface area contributed by atoms with Crippen molar-refractivity contribution in [3.63, 3.8) is 0 Å². The van der Waals surface area contributed by atoms with Gasteiger partial charge in [0.2, 0.25) is 5.91 Å². The van der Waals surface area contributed by atoms with Crippen LogP contribution in [0.4, 0.5) is 11.6 Å². The van der Waals surface area contributed by atoms with Gasteiger partial charge < -0.3 is 19.4 Å². The topological polar surface area (TPSA) is 61.8 Å². The smallest absolute Gasteiger partial charge is 0.222 e. The molecule has 7 heteroatoms. The van der Waals surface area contributed by atoms with Gasteiger partial charge in [-0.3, -0.25) is 4.79 Å². The van der Waals surface area contributed by atoms with E-state index in [4.69, 9.17) is 4.74 Å². The highest BCUT2D eigenvalue weighted by molar-refractivity contribution is 5.78. The van der Waals surface area contributed by atoms with Gasteiger partial charge in [0.25, 0.3) is 0 Å². The molecule has 3 aliphatic heterocycles. The molecule has 0 unspecified atom stereocenters. The van der Waals surface area contributed by atoms with Crippen LogP contribution >= 0.6 is 0 Å². The number of aromatic nitrogens is 2. The van der Waals surface area contributed by atoms with E-state index in [1.165, 1.54) is 0 Å². The number of carbonyl (C=O) groups excluding carboxylic acids is 1. The van der Waals surface area contributed by atoms with Gasteiger partial charge in [-0.2, -0.15) is 0 Å². The van der Waals surface area contributed by atoms with Crippen LogP contribution in [0.2, 0.25) is 0 Å². The molecule has 3 fully saturated rings. The highest BCUT2D eigenvalue weighted by atomic mass is 16.5. The molecule has 3 saturated heterocycles. The molecule has 7 nitrogen and oxygen atoms in total. The number of ether oxygens (including phenoxy) is 1. The number of likely N-dealkylation sites (tertiary alicyclic amines) is 1. The first-order chi connectivity index (χ1) is 11.6. The Morgan fingerprint density at radius 2 is 2.21 bits per heavy atom. The molecule has 0 N–H and O–H groups in total. The Kier molecular flexibility index (Phi) is 4.04. The number of hydrogen-bond acceptors (Lipinski definition) is 6. The molecule has 0 bridgehead atoms. The first-order valence-electron chi connectivity index (χ1n) is 8.75. The normalized spacial score (nSPS) is 29.4. The zero-order valence-electron chi connectivity index (χ0n) is 14.4. The predicted octanol–water partition coefficient (Wildman–Crippen LogP) is 0.616. The van der Waals surface area contributed by atoms with Gasteiger partial charge in [-0.25, -0.2) is 9.97 Å². The van der Waals surface area contributed by atoms with E-state index < -0.39 is 0 Å². The fraction of sp³-hybridized carbons (Fsp3) is 0.706. The SMILES string of the molecule is CN(C)c1cc(N2C[C@H]3[C@H](CN4CCCC4=O)CO[C@H]3C2)ncn1. The third kappa shape index (κ3) is 2.81. The lowest BCUT2D eigenvalue weighted by Gasteiger charge is -2.25. The lowest BCUT2D eigenvalue weighted by Crippen LogP contribution is -2.35. The van der Waals surface area contributed by atoms with Gasteiger partial charge in [-0.1, -0.05) is 0 Å². The van der Waals surface area contributed by atoms with Crippen molar-refractivity contribution < 1.29 is 9.53 Å². The van der Waals surface area contributed by atoms with Crippen LogP contribution < -0.4 is 9.80 Å². The van der Waals surface area contributed by atoms with E-state index in [9.17, 15) is 4.79 Å². The predicted molar refractivity (Wildman–Crippen MR) is 91.1 cm³/mol. The van der Waals surface area contributed by atoms with Crippen LogP contribution in [0.5, 0.6) is 0 Å². The van der Waals surface area contributed by atoms with Gasteiger partial charge in [0.1, 0.15) is 18.0 Å². The summed E-state index contributed by atoms with van der Waals surface area (Å²) in [5.41, 5.74) is 0. The zero-order chi connectivity index (χ0) is 16.7. The number of hydrogen-bond donors (Lipinski definition) is 0. The van der Waals surface area contributed by atoms with E-state index >= 15 is 0 Å². The number of rotatable bonds is 4. The summed E-state index contributed by atoms with van der Waals surface area (Å²) in [6, 6.07) is 2.03. The summed E-state index contributed by atoms with van der Waals surface area (Å²) < 4.78 is 6.03. The second-order valence-corrected chi connectivity index (χ2v) is 7.27. The van der Waals surface area contributed by atoms with Crippen molar-refractivity contribution >= 4 is 17.5 Å². The van der Waals surface area contributed by atoms with Crippen molar-refractivity contribution in [2.75, 3.05) is 56.7 Å². The minimum absolute atomic E-state index is 0.255. The Balaban J connectivity index is 1.44. The first kappa shape index (κ1) is 15.6. The quantitative estimate of drug-likeness (QED) is 0.806. The molecule has 0 aromatic carbocycles. The van der Waals surface area contributed by atoms with Crippen LogP contribution in [-0.2, 0) is 9.53 Å². The van der Waals surface area contributed by atoms with Crippen molar-refractivity contribution in [3.05, 3.63) is 12.4 Å². The summed E-state index contributed by atoms with van der Waals surface area (Å²) in [7, 11) is 3.97. The Labute approximate surface area is 142 Å². The van der Waals surface area contributed by atoms with Crippen molar-refractivity contribution in [3.8, 4) is 0 Å². The van der Waals surface area contributed by atoms with E-state index in [2.05, 4.69) is 14.9 Å². The molecule has 1 aromatic rings. The maximum Gasteiger partial charge on any atom is 0.222 e. The highest BCUT2D eigenvalue weighted by Crippen LogP contribution is 2.36. The average Bonchev–Trinajstić information content (AvgIpc) is 3.26. The van der Waals surface area contributed by atoms with E-state index in [0.717, 1.165) is 50.8 Å². The van der Waals surface area contributed by atoms with Gasteiger partial charge in [-0.05, 0) is 6.42 Å². The second-order valence-electron chi connectivity index (χ2n) is 7.27. The number of amides is 1. The van der Waals surface area contributed by atoms with Crippen molar-refractivity contribution in [1.29, 1.82) is 0 Å². The molecule has 24 heavy (non-hydrogen) atoms. The first-order valence-corrected chi connectivity index (χ1v) is 8.75. The third-order valence-electron chi connectivity index (χ3n) is 5.49. The molecule has 0 radical (unpaired) electrons. The maximum absolute atomic E-state index is 11.9. The van der Waals surface area contributed by atoms with Gasteiger partial charge in [0.15, 0.2) is 0 Å². The molecule has 0 aliphatic carbocycles. The summed E-state index contributed by atoms with van der Waals surface area (Å²) in [5, 5.41) is 0. The lowest BCUT2D eigenvalue weighted by molar-refractivity contribution is -0.128. The van der Waals surface area contributed by atoms with E-state index in [0.29, 0.717) is 24.2 Å². The van der Waals surface area contributed by atoms with Crippen LogP contribution in [0.1, 0.15) is 12.8 Å². The molecular formula is C17H25N5O2. The van der Waals surface area contributed by atoms with E-state index in [1.807, 2.05) is 30.0 Å². The Bertz CT molecular complexity index is 623. The summed E-state index contributed by atoms with van der Waals surface area (Å²) in [6.45, 7) is 4.36. The Morgan fingerprint density at radius 3 is 2.96 bits per heavy atom. The molecule has 4 heterocycles. The van der Waals surface area contributed by atoms with E-state index in [1.54, 1.807) is 6.33 Å². The summed E-state index contributed by atoms with van der Waals surface area (Å²) in [4.78, 5) is 26.9. The van der Waals surface area contributed by atoms with E-state index in [-0.39, 0.29) is 6.10 Å². The molecule has 0 spiro atoms. The minimum Gasteiger partial charge on any atom is -0.376 e. The summed E-state index contributed by atoms with van der Waals surface area (Å²) in [6.07, 6.45) is 3.59. The van der Waals surface area contributed by atoms with Crippen LogP contribution in [0.15, 0.2) is 12.4 Å². The molecule has 1 aromatic heterocycles. The summed E-state index contributed by atoms with van der Waals surface area (Å²) >= 11 is 0. The average molecular weight is 331 g/mol. The molecule has 0 saturated carbocycles. The highest BCUT2D eigenvalue weighted by Gasteiger charge is 2.45. The second kappa shape index (κ2) is 6.20. The number of carbonyl (C=O) groups is 1. The van der Waals surface area contributed by atoms with Crippen LogP contribution in [0.3, 0.4) is 0 Å². The van der Waals surface area contributed by atoms with Gasteiger partial charge >= 0.3 is 0 Å². The molecule has 3 atom stereocenters. The zero-order valence-corrected chi connectivity index (χ0v) is 14.4. The molecule has 4 rings (SSSR count). The lowest BCUT2D eigenvalue weighted by atomic mass is 9.93. The molecule has 1 amide bonds. The standard InChI is InChI=1S/C17H25N5O2/c1-20(2)15-6-16(19-11-18-15)22-8-13-12(10-24-14(13)9-22)7-21-5-3-4-17(21)23/h6,11-14H,3-5,7-10H2,1-2H3/t12-,13+,14+/m1/s1. The fourth-order valence-corrected chi connectivity index (χ4v) is 4.11. The molecule has 130 valence electrons. The number of nitrogens with zero attached hydrogens (tertiary/aromatic N) is 5. The van der Waals surface area contributed by atoms with Gasteiger partial charge in [-0.15, -0.1) is 0 Å². The van der Waals surface area contributed by atoms with Gasteiger partial charge in [0, 0.05) is 64.6 Å². The van der Waals surface area contributed by atoms with Crippen molar-refractivity contribution in [2.24, 2.45) is 11.8 Å². The number of anilines is 2. The van der Waals surface area contributed by atoms with Gasteiger partial charge in [0.05, 0.1) is 12.7 Å². The maximum atomic E-state index is 11.9. The van der Waals surface area contributed by atoms with Crippen molar-refractivity contribution in [1.82, 2.24) is 14.9 Å². The largest absolute Gasteiger partial charge is 0.376 e. The molecule has 3 aliphatic rings. The monoisotopic (exact) mass is 331 g/mol. The van der Waals surface area contributed by atoms with Crippen LogP contribution in [-0.4, -0.2) is 73.8 Å². The Morgan fingerprint density at radius 1 is 1.33 bits per heavy atom. The third-order valence-corrected chi connectivity index (χ3v) is 5.49. The van der Waals surface area contributed by atoms with Crippen LogP contribution in [0, 0.1) is 11.8 Å². The fourth-order valence-electron chi connectivity index (χ4n) is 4.11.